The number of halogens is 1. The van der Waals surface area contributed by atoms with Crippen LogP contribution in [0, 0.1) is 6.92 Å². The smallest absolute Gasteiger partial charge is 0.187 e. The van der Waals surface area contributed by atoms with E-state index in [1.807, 2.05) is 4.52 Å². The topological polar surface area (TPSA) is 43.1 Å². The molecule has 6 heteroatoms. The van der Waals surface area contributed by atoms with Crippen molar-refractivity contribution < 1.29 is 0 Å². The Kier molecular flexibility index (Phi) is 2.91. The molecular weight excluding hydrogens is 312 g/mol. The van der Waals surface area contributed by atoms with Crippen LogP contribution < -0.4 is 0 Å². The zero-order valence-corrected chi connectivity index (χ0v) is 12.4. The molecular formula is C12H11BrN4S. The molecule has 0 bridgehead atoms. The Morgan fingerprint density at radius 2 is 2.17 bits per heavy atom. The number of aromatic nitrogens is 4. The first kappa shape index (κ1) is 11.8. The summed E-state index contributed by atoms with van der Waals surface area (Å²) in [5.41, 5.74) is 2.32. The van der Waals surface area contributed by atoms with Crippen molar-refractivity contribution in [3.8, 4) is 10.6 Å². The molecule has 0 saturated carbocycles. The Labute approximate surface area is 117 Å². The van der Waals surface area contributed by atoms with Gasteiger partial charge in [0.05, 0.1) is 0 Å². The Balaban J connectivity index is 2.13. The summed E-state index contributed by atoms with van der Waals surface area (Å²) in [4.78, 5) is 0.846. The predicted molar refractivity (Wildman–Crippen MR) is 75.9 cm³/mol. The zero-order valence-electron chi connectivity index (χ0n) is 10.0. The third kappa shape index (κ3) is 1.85. The summed E-state index contributed by atoms with van der Waals surface area (Å²) in [5, 5.41) is 13.8. The van der Waals surface area contributed by atoms with Crippen molar-refractivity contribution in [3.05, 3.63) is 34.1 Å². The minimum Gasteiger partial charge on any atom is -0.187 e. The van der Waals surface area contributed by atoms with Crippen molar-refractivity contribution in [3.63, 3.8) is 0 Å². The van der Waals surface area contributed by atoms with Crippen LogP contribution in [0.4, 0.5) is 0 Å². The van der Waals surface area contributed by atoms with E-state index in [9.17, 15) is 0 Å². The van der Waals surface area contributed by atoms with Gasteiger partial charge in [0.2, 0.25) is 4.96 Å². The van der Waals surface area contributed by atoms with Crippen LogP contribution in [0.1, 0.15) is 18.3 Å². The fourth-order valence-electron chi connectivity index (χ4n) is 1.72. The lowest BCUT2D eigenvalue weighted by atomic mass is 10.2. The van der Waals surface area contributed by atoms with Crippen molar-refractivity contribution in [2.24, 2.45) is 0 Å². The Morgan fingerprint density at radius 3 is 2.89 bits per heavy atom. The van der Waals surface area contributed by atoms with Crippen molar-refractivity contribution >= 4 is 32.2 Å². The van der Waals surface area contributed by atoms with Crippen molar-refractivity contribution in [1.82, 2.24) is 19.8 Å². The maximum atomic E-state index is 4.57. The largest absolute Gasteiger partial charge is 0.234 e. The molecule has 18 heavy (non-hydrogen) atoms. The number of benzene rings is 1. The molecule has 0 amide bonds. The van der Waals surface area contributed by atoms with Crippen molar-refractivity contribution in [1.29, 1.82) is 0 Å². The first-order valence-corrected chi connectivity index (χ1v) is 7.27. The van der Waals surface area contributed by atoms with Gasteiger partial charge in [-0.25, -0.2) is 0 Å². The van der Waals surface area contributed by atoms with E-state index in [2.05, 4.69) is 63.3 Å². The molecule has 0 saturated heterocycles. The van der Waals surface area contributed by atoms with Gasteiger partial charge in [0, 0.05) is 16.5 Å². The quantitative estimate of drug-likeness (QED) is 0.725. The molecule has 0 aliphatic carbocycles. The minimum absolute atomic E-state index is 0.835. The maximum Gasteiger partial charge on any atom is 0.234 e. The first-order valence-electron chi connectivity index (χ1n) is 5.66. The lowest BCUT2D eigenvalue weighted by Crippen LogP contribution is -1.93. The second kappa shape index (κ2) is 4.44. The van der Waals surface area contributed by atoms with E-state index in [0.29, 0.717) is 0 Å². The summed E-state index contributed by atoms with van der Waals surface area (Å²) >= 11 is 5.11. The minimum atomic E-state index is 0.835. The molecule has 0 N–H and O–H groups in total. The second-order valence-corrected chi connectivity index (χ2v) is 5.85. The van der Waals surface area contributed by atoms with Gasteiger partial charge in [-0.3, -0.25) is 0 Å². The van der Waals surface area contributed by atoms with E-state index in [1.165, 1.54) is 5.56 Å². The number of hydrogen-bond donors (Lipinski definition) is 0. The van der Waals surface area contributed by atoms with Gasteiger partial charge in [0.15, 0.2) is 5.82 Å². The van der Waals surface area contributed by atoms with E-state index >= 15 is 0 Å². The highest BCUT2D eigenvalue weighted by Gasteiger charge is 2.12. The molecule has 0 radical (unpaired) electrons. The van der Waals surface area contributed by atoms with Crippen molar-refractivity contribution in [2.75, 3.05) is 0 Å². The standard InChI is InChI=1S/C12H11BrN4S/c1-3-10-14-15-12-17(10)16-11(18-12)8-5-4-7(2)9(13)6-8/h4-6H,3H2,1-2H3. The molecule has 0 unspecified atom stereocenters. The normalized spacial score (nSPS) is 11.3. The molecule has 92 valence electrons. The highest BCUT2D eigenvalue weighted by Crippen LogP contribution is 2.29. The van der Waals surface area contributed by atoms with Crippen LogP contribution in [-0.4, -0.2) is 19.8 Å². The first-order chi connectivity index (χ1) is 8.69. The number of fused-ring (bicyclic) bond motifs is 1. The SMILES string of the molecule is CCc1nnc2sc(-c3ccc(C)c(Br)c3)nn12. The van der Waals surface area contributed by atoms with Crippen LogP contribution in [0.25, 0.3) is 15.5 Å². The average molecular weight is 323 g/mol. The summed E-state index contributed by atoms with van der Waals surface area (Å²) in [6.07, 6.45) is 0.835. The zero-order chi connectivity index (χ0) is 12.7. The van der Waals surface area contributed by atoms with Crippen LogP contribution in [0.3, 0.4) is 0 Å². The van der Waals surface area contributed by atoms with E-state index < -0.39 is 0 Å². The monoisotopic (exact) mass is 322 g/mol. The molecule has 3 rings (SSSR count). The van der Waals surface area contributed by atoms with Crippen LogP contribution in [-0.2, 0) is 6.42 Å². The Hall–Kier alpha value is -1.27. The van der Waals surface area contributed by atoms with Gasteiger partial charge < -0.3 is 0 Å². The number of rotatable bonds is 2. The predicted octanol–water partition coefficient (Wildman–Crippen LogP) is 3.49. The van der Waals surface area contributed by atoms with Gasteiger partial charge in [-0.15, -0.1) is 10.2 Å². The maximum absolute atomic E-state index is 4.57. The molecule has 2 aromatic heterocycles. The average Bonchev–Trinajstić information content (AvgIpc) is 2.92. The van der Waals surface area contributed by atoms with E-state index in [4.69, 9.17) is 0 Å². The van der Waals surface area contributed by atoms with Gasteiger partial charge in [0.25, 0.3) is 0 Å². The molecule has 4 nitrogen and oxygen atoms in total. The summed E-state index contributed by atoms with van der Waals surface area (Å²) in [5.74, 6) is 0.902. The summed E-state index contributed by atoms with van der Waals surface area (Å²) in [7, 11) is 0. The van der Waals surface area contributed by atoms with Gasteiger partial charge >= 0.3 is 0 Å². The van der Waals surface area contributed by atoms with E-state index in [1.54, 1.807) is 11.3 Å². The lowest BCUT2D eigenvalue weighted by molar-refractivity contribution is 0.838. The van der Waals surface area contributed by atoms with Crippen LogP contribution in [0.5, 0.6) is 0 Å². The molecule has 0 fully saturated rings. The number of nitrogens with zero attached hydrogens (tertiary/aromatic N) is 4. The summed E-state index contributed by atoms with van der Waals surface area (Å²) in [6.45, 7) is 4.12. The number of aryl methyl sites for hydroxylation is 2. The molecule has 3 aromatic rings. The molecule has 0 aliphatic rings. The lowest BCUT2D eigenvalue weighted by Gasteiger charge is -2.00. The molecule has 0 atom stereocenters. The van der Waals surface area contributed by atoms with E-state index in [-0.39, 0.29) is 0 Å². The van der Waals surface area contributed by atoms with Crippen LogP contribution >= 0.6 is 27.3 Å². The molecule has 0 spiro atoms. The Morgan fingerprint density at radius 1 is 1.33 bits per heavy atom. The Bertz CT molecular complexity index is 716. The van der Waals surface area contributed by atoms with Crippen LogP contribution in [0.15, 0.2) is 22.7 Å². The molecule has 2 heterocycles. The molecule has 0 aliphatic heterocycles. The van der Waals surface area contributed by atoms with Crippen LogP contribution in [0.2, 0.25) is 0 Å². The van der Waals surface area contributed by atoms with Crippen molar-refractivity contribution in [2.45, 2.75) is 20.3 Å². The van der Waals surface area contributed by atoms with Gasteiger partial charge in [-0.1, -0.05) is 46.3 Å². The highest BCUT2D eigenvalue weighted by atomic mass is 79.9. The third-order valence-corrected chi connectivity index (χ3v) is 4.59. The van der Waals surface area contributed by atoms with Gasteiger partial charge in [-0.05, 0) is 18.6 Å². The van der Waals surface area contributed by atoms with Gasteiger partial charge in [0.1, 0.15) is 5.01 Å². The second-order valence-electron chi connectivity index (χ2n) is 4.04. The highest BCUT2D eigenvalue weighted by molar-refractivity contribution is 9.10. The fraction of sp³-hybridized carbons (Fsp3) is 0.250. The van der Waals surface area contributed by atoms with Gasteiger partial charge in [-0.2, -0.15) is 9.61 Å². The summed E-state index contributed by atoms with van der Waals surface area (Å²) < 4.78 is 2.93. The third-order valence-electron chi connectivity index (χ3n) is 2.79. The molecule has 1 aromatic carbocycles. The summed E-state index contributed by atoms with van der Waals surface area (Å²) in [6, 6.07) is 6.26. The van der Waals surface area contributed by atoms with E-state index in [0.717, 1.165) is 32.2 Å². The fourth-order valence-corrected chi connectivity index (χ4v) is 2.95. The number of hydrogen-bond acceptors (Lipinski definition) is 4.